The minimum Gasteiger partial charge on any atom is -0.496 e. The molecule has 0 saturated heterocycles. The molecule has 0 fully saturated rings. The van der Waals surface area contributed by atoms with Gasteiger partial charge in [-0.3, -0.25) is 14.4 Å². The summed E-state index contributed by atoms with van der Waals surface area (Å²) in [4.78, 5) is 45.8. The van der Waals surface area contributed by atoms with Crippen molar-refractivity contribution >= 4 is 29.4 Å². The van der Waals surface area contributed by atoms with Crippen molar-refractivity contribution in [2.75, 3.05) is 19.5 Å². The van der Waals surface area contributed by atoms with Gasteiger partial charge in [-0.05, 0) is 69.7 Å². The van der Waals surface area contributed by atoms with Gasteiger partial charge in [0.1, 0.15) is 5.75 Å². The van der Waals surface area contributed by atoms with Gasteiger partial charge in [0, 0.05) is 35.3 Å². The van der Waals surface area contributed by atoms with Gasteiger partial charge in [-0.25, -0.2) is 9.55 Å². The predicted molar refractivity (Wildman–Crippen MR) is 143 cm³/mol. The summed E-state index contributed by atoms with van der Waals surface area (Å²) in [6.45, 7) is 6.00. The number of amides is 2. The highest BCUT2D eigenvalue weighted by molar-refractivity contribution is 6.30. The maximum Gasteiger partial charge on any atom is 0.263 e. The Bertz CT molecular complexity index is 1400. The Labute approximate surface area is 220 Å². The van der Waals surface area contributed by atoms with Crippen LogP contribution in [0.3, 0.4) is 0 Å². The quantitative estimate of drug-likeness (QED) is 0.511. The summed E-state index contributed by atoms with van der Waals surface area (Å²) >= 11 is 6.08. The van der Waals surface area contributed by atoms with Crippen LogP contribution in [0.5, 0.6) is 5.75 Å². The maximum atomic E-state index is 13.8. The van der Waals surface area contributed by atoms with Crippen LogP contribution in [0, 0.1) is 0 Å². The first-order valence-electron chi connectivity index (χ1n) is 12.0. The average molecular weight is 524 g/mol. The fourth-order valence-corrected chi connectivity index (χ4v) is 4.59. The minimum absolute atomic E-state index is 0.0000741. The van der Waals surface area contributed by atoms with Crippen LogP contribution in [0.15, 0.2) is 47.3 Å². The first-order chi connectivity index (χ1) is 17.6. The van der Waals surface area contributed by atoms with Gasteiger partial charge in [0.05, 0.1) is 30.6 Å². The molecule has 1 aliphatic rings. The summed E-state index contributed by atoms with van der Waals surface area (Å²) in [6.07, 6.45) is 0.348. The summed E-state index contributed by atoms with van der Waals surface area (Å²) in [5, 5.41) is 6.32. The Balaban J connectivity index is 1.76. The number of halogens is 1. The lowest BCUT2D eigenvalue weighted by molar-refractivity contribution is 0.0649. The highest BCUT2D eigenvalue weighted by Gasteiger charge is 2.33. The van der Waals surface area contributed by atoms with Crippen molar-refractivity contribution in [3.63, 3.8) is 0 Å². The van der Waals surface area contributed by atoms with E-state index in [0.717, 1.165) is 0 Å². The normalized spacial score (nSPS) is 14.8. The third-order valence-electron chi connectivity index (χ3n) is 6.30. The van der Waals surface area contributed by atoms with Crippen LogP contribution < -0.4 is 20.9 Å². The van der Waals surface area contributed by atoms with Gasteiger partial charge in [0.25, 0.3) is 17.4 Å². The Hall–Kier alpha value is -3.85. The fraction of sp³-hybridized carbons (Fsp3) is 0.333. The molecule has 2 N–H and O–H groups in total. The summed E-state index contributed by atoms with van der Waals surface area (Å²) in [5.41, 5.74) is 2.38. The number of aromatic nitrogens is 2. The number of carbonyl (C=O) groups is 2. The van der Waals surface area contributed by atoms with Crippen LogP contribution in [0.2, 0.25) is 5.02 Å². The molecule has 0 unspecified atom stereocenters. The van der Waals surface area contributed by atoms with Gasteiger partial charge < -0.3 is 20.3 Å². The number of fused-ring (bicyclic) bond motifs is 1. The highest BCUT2D eigenvalue weighted by Crippen LogP contribution is 2.29. The van der Waals surface area contributed by atoms with Crippen molar-refractivity contribution in [3.8, 4) is 11.4 Å². The third-order valence-corrected chi connectivity index (χ3v) is 6.54. The van der Waals surface area contributed by atoms with Crippen molar-refractivity contribution in [2.45, 2.75) is 45.8 Å². The van der Waals surface area contributed by atoms with Gasteiger partial charge in [0.2, 0.25) is 5.95 Å². The fourth-order valence-electron chi connectivity index (χ4n) is 4.43. The van der Waals surface area contributed by atoms with Gasteiger partial charge >= 0.3 is 0 Å². The Morgan fingerprint density at radius 3 is 2.49 bits per heavy atom. The number of nitrogens with one attached hydrogen (secondary N) is 2. The summed E-state index contributed by atoms with van der Waals surface area (Å²) in [5.74, 6) is 0.332. The first kappa shape index (κ1) is 26.2. The van der Waals surface area contributed by atoms with Crippen molar-refractivity contribution in [3.05, 3.63) is 80.2 Å². The van der Waals surface area contributed by atoms with E-state index >= 15 is 0 Å². The maximum absolute atomic E-state index is 13.8. The second-order valence-corrected chi connectivity index (χ2v) is 9.69. The van der Waals surface area contributed by atoms with E-state index in [1.807, 2.05) is 20.8 Å². The van der Waals surface area contributed by atoms with E-state index in [4.69, 9.17) is 21.3 Å². The van der Waals surface area contributed by atoms with Gasteiger partial charge in [-0.15, -0.1) is 0 Å². The molecule has 37 heavy (non-hydrogen) atoms. The van der Waals surface area contributed by atoms with Crippen molar-refractivity contribution in [2.24, 2.45) is 0 Å². The molecule has 2 amide bonds. The van der Waals surface area contributed by atoms with Gasteiger partial charge in [0.15, 0.2) is 0 Å². The number of hydrogen-bond acceptors (Lipinski definition) is 6. The number of benzene rings is 2. The molecule has 0 bridgehead atoms. The molecular weight excluding hydrogens is 494 g/mol. The lowest BCUT2D eigenvalue weighted by Gasteiger charge is -2.35. The average Bonchev–Trinajstić information content (AvgIpc) is 2.88. The van der Waals surface area contributed by atoms with Crippen LogP contribution in [0.25, 0.3) is 5.69 Å². The van der Waals surface area contributed by atoms with Gasteiger partial charge in [-0.1, -0.05) is 11.6 Å². The molecule has 1 aliphatic heterocycles. The van der Waals surface area contributed by atoms with E-state index < -0.39 is 0 Å². The summed E-state index contributed by atoms with van der Waals surface area (Å²) < 4.78 is 6.91. The SMILES string of the molecule is CNC(=O)c1ccc(-n2c(NC(C)C)nc3c(c2=O)C[C@@H](C)N(C(=O)c2ccc(Cl)cc2OC)C3)cc1. The van der Waals surface area contributed by atoms with Crippen LogP contribution >= 0.6 is 11.6 Å². The Morgan fingerprint density at radius 1 is 1.16 bits per heavy atom. The molecule has 1 aromatic heterocycles. The van der Waals surface area contributed by atoms with E-state index in [0.29, 0.717) is 51.2 Å². The predicted octanol–water partition coefficient (Wildman–Crippen LogP) is 3.66. The van der Waals surface area contributed by atoms with E-state index in [9.17, 15) is 14.4 Å². The van der Waals surface area contributed by atoms with Crippen molar-refractivity contribution in [1.82, 2.24) is 19.8 Å². The molecule has 2 aromatic carbocycles. The van der Waals surface area contributed by atoms with Crippen molar-refractivity contribution in [1.29, 1.82) is 0 Å². The largest absolute Gasteiger partial charge is 0.496 e. The number of rotatable bonds is 6. The van der Waals surface area contributed by atoms with Crippen molar-refractivity contribution < 1.29 is 14.3 Å². The molecular formula is C27H30ClN5O4. The second kappa shape index (κ2) is 10.6. The molecule has 0 saturated carbocycles. The molecule has 0 radical (unpaired) electrons. The molecule has 0 aliphatic carbocycles. The monoisotopic (exact) mass is 523 g/mol. The van der Waals surface area contributed by atoms with E-state index in [1.165, 1.54) is 11.7 Å². The number of hydrogen-bond donors (Lipinski definition) is 2. The van der Waals surface area contributed by atoms with Crippen LogP contribution in [0.1, 0.15) is 52.7 Å². The molecule has 9 nitrogen and oxygen atoms in total. The second-order valence-electron chi connectivity index (χ2n) is 9.26. The zero-order chi connectivity index (χ0) is 26.9. The Morgan fingerprint density at radius 2 is 1.86 bits per heavy atom. The minimum atomic E-state index is -0.247. The lowest BCUT2D eigenvalue weighted by atomic mass is 9.98. The number of ether oxygens (including phenoxy) is 1. The molecule has 3 aromatic rings. The van der Waals surface area contributed by atoms with E-state index in [-0.39, 0.29) is 36.0 Å². The Kier molecular flexibility index (Phi) is 7.54. The number of methoxy groups -OCH3 is 1. The topological polar surface area (TPSA) is 106 Å². The summed E-state index contributed by atoms with van der Waals surface area (Å²) in [6, 6.07) is 11.4. The molecule has 4 rings (SSSR count). The lowest BCUT2D eigenvalue weighted by Crippen LogP contribution is -2.46. The van der Waals surface area contributed by atoms with E-state index in [1.54, 1.807) is 54.4 Å². The van der Waals surface area contributed by atoms with Crippen LogP contribution in [-0.2, 0) is 13.0 Å². The van der Waals surface area contributed by atoms with Gasteiger partial charge in [-0.2, -0.15) is 0 Å². The molecule has 2 heterocycles. The van der Waals surface area contributed by atoms with Crippen LogP contribution in [0.4, 0.5) is 5.95 Å². The highest BCUT2D eigenvalue weighted by atomic mass is 35.5. The third kappa shape index (κ3) is 5.17. The zero-order valence-corrected chi connectivity index (χ0v) is 22.2. The number of nitrogens with zero attached hydrogens (tertiary/aromatic N) is 3. The number of carbonyl (C=O) groups excluding carboxylic acids is 2. The molecule has 194 valence electrons. The smallest absolute Gasteiger partial charge is 0.263 e. The number of anilines is 1. The zero-order valence-electron chi connectivity index (χ0n) is 21.5. The molecule has 10 heteroatoms. The first-order valence-corrected chi connectivity index (χ1v) is 12.4. The molecule has 1 atom stereocenters. The standard InChI is InChI=1S/C27H30ClN5O4/c1-15(2)30-27-31-22-14-32(25(35)20-11-8-18(28)13-23(20)37-5)16(3)12-21(22)26(36)33(27)19-9-6-17(7-10-19)24(34)29-4/h6-11,13,15-16H,12,14H2,1-5H3,(H,29,34)(H,30,31)/t16-/m1/s1. The van der Waals surface area contributed by atoms with E-state index in [2.05, 4.69) is 10.6 Å². The van der Waals surface area contributed by atoms with Crippen LogP contribution in [-0.4, -0.2) is 52.5 Å². The molecule has 0 spiro atoms. The summed E-state index contributed by atoms with van der Waals surface area (Å²) in [7, 11) is 3.06.